The molecule has 2 amide bonds. The van der Waals surface area contributed by atoms with Crippen LogP contribution in [0.3, 0.4) is 0 Å². The summed E-state index contributed by atoms with van der Waals surface area (Å²) in [5.74, 6) is -0.554. The summed E-state index contributed by atoms with van der Waals surface area (Å²) in [6.07, 6.45) is 0. The van der Waals surface area contributed by atoms with Crippen molar-refractivity contribution in [3.05, 3.63) is 24.3 Å². The average Bonchev–Trinajstić information content (AvgIpc) is 2.81. The van der Waals surface area contributed by atoms with Gasteiger partial charge in [-0.2, -0.15) is 0 Å². The van der Waals surface area contributed by atoms with E-state index in [9.17, 15) is 14.7 Å². The van der Waals surface area contributed by atoms with Crippen LogP contribution in [0.2, 0.25) is 0 Å². The maximum Gasteiger partial charge on any atom is 0.327 e. The summed E-state index contributed by atoms with van der Waals surface area (Å²) >= 11 is 1.46. The lowest BCUT2D eigenvalue weighted by Gasteiger charge is -2.26. The number of nitrogens with zero attached hydrogens (tertiary/aromatic N) is 2. The molecule has 2 rings (SSSR count). The Labute approximate surface area is 128 Å². The Morgan fingerprint density at radius 3 is 2.67 bits per heavy atom. The maximum atomic E-state index is 12.4. The number of hydrogen-bond donors (Lipinski definition) is 2. The van der Waals surface area contributed by atoms with Gasteiger partial charge in [0.05, 0.1) is 16.7 Å². The van der Waals surface area contributed by atoms with Gasteiger partial charge < -0.3 is 15.3 Å². The SMILES string of the molecule is CC1SCC(C(=O)O)N1C(=O)Nc1ccccc1N(C)C. The summed E-state index contributed by atoms with van der Waals surface area (Å²) in [7, 11) is 3.78. The maximum absolute atomic E-state index is 12.4. The molecule has 21 heavy (non-hydrogen) atoms. The molecule has 1 fully saturated rings. The molecule has 1 saturated heterocycles. The van der Waals surface area contributed by atoms with Crippen LogP contribution in [0.4, 0.5) is 16.2 Å². The number of amides is 2. The fourth-order valence-corrected chi connectivity index (χ4v) is 3.46. The van der Waals surface area contributed by atoms with Crippen molar-refractivity contribution >= 4 is 35.1 Å². The molecule has 0 bridgehead atoms. The van der Waals surface area contributed by atoms with Crippen LogP contribution in [-0.4, -0.2) is 53.3 Å². The molecule has 0 radical (unpaired) electrons. The van der Waals surface area contributed by atoms with Gasteiger partial charge in [0.1, 0.15) is 6.04 Å². The lowest BCUT2D eigenvalue weighted by molar-refractivity contribution is -0.141. The second-order valence-electron chi connectivity index (χ2n) is 5.04. The molecule has 7 heteroatoms. The number of hydrogen-bond acceptors (Lipinski definition) is 4. The quantitative estimate of drug-likeness (QED) is 0.895. The Morgan fingerprint density at radius 2 is 2.05 bits per heavy atom. The highest BCUT2D eigenvalue weighted by atomic mass is 32.2. The van der Waals surface area contributed by atoms with Crippen LogP contribution in [0.25, 0.3) is 0 Å². The van der Waals surface area contributed by atoms with E-state index in [2.05, 4.69) is 5.32 Å². The summed E-state index contributed by atoms with van der Waals surface area (Å²) in [6, 6.07) is 6.26. The first-order valence-corrected chi connectivity index (χ1v) is 7.66. The van der Waals surface area contributed by atoms with Crippen LogP contribution in [0.15, 0.2) is 24.3 Å². The lowest BCUT2D eigenvalue weighted by Crippen LogP contribution is -2.46. The van der Waals surface area contributed by atoms with E-state index in [-0.39, 0.29) is 11.4 Å². The predicted octanol–water partition coefficient (Wildman–Crippen LogP) is 2.13. The van der Waals surface area contributed by atoms with Gasteiger partial charge in [0.15, 0.2) is 0 Å². The molecule has 0 aliphatic carbocycles. The lowest BCUT2D eigenvalue weighted by atomic mass is 10.2. The molecular weight excluding hydrogens is 290 g/mol. The van der Waals surface area contributed by atoms with E-state index in [0.717, 1.165) is 5.69 Å². The Bertz CT molecular complexity index is 550. The standard InChI is InChI=1S/C14H19N3O3S/c1-9-17(12(8-21-9)13(18)19)14(20)15-10-6-4-5-7-11(10)16(2)3/h4-7,9,12H,8H2,1-3H3,(H,15,20)(H,18,19). The number of anilines is 2. The molecule has 2 unspecified atom stereocenters. The summed E-state index contributed by atoms with van der Waals surface area (Å²) in [4.78, 5) is 27.0. The zero-order valence-corrected chi connectivity index (χ0v) is 13.1. The summed E-state index contributed by atoms with van der Waals surface area (Å²) in [5.41, 5.74) is 1.54. The predicted molar refractivity (Wildman–Crippen MR) is 85.0 cm³/mol. The molecule has 0 saturated carbocycles. The van der Waals surface area contributed by atoms with E-state index in [1.54, 1.807) is 6.07 Å². The number of nitrogens with one attached hydrogen (secondary N) is 1. The molecule has 6 nitrogen and oxygen atoms in total. The van der Waals surface area contributed by atoms with Crippen LogP contribution >= 0.6 is 11.8 Å². The van der Waals surface area contributed by atoms with E-state index in [0.29, 0.717) is 11.4 Å². The van der Waals surface area contributed by atoms with Gasteiger partial charge in [0, 0.05) is 19.8 Å². The van der Waals surface area contributed by atoms with Crippen LogP contribution in [0.1, 0.15) is 6.92 Å². The summed E-state index contributed by atoms with van der Waals surface area (Å²) in [5, 5.41) is 11.9. The van der Waals surface area contributed by atoms with E-state index in [1.165, 1.54) is 16.7 Å². The Morgan fingerprint density at radius 1 is 1.38 bits per heavy atom. The first-order valence-electron chi connectivity index (χ1n) is 6.62. The number of carbonyl (C=O) groups excluding carboxylic acids is 1. The number of carboxylic acid groups (broad SMARTS) is 1. The van der Waals surface area contributed by atoms with Crippen molar-refractivity contribution in [1.82, 2.24) is 4.90 Å². The second kappa shape index (κ2) is 6.26. The molecule has 2 N–H and O–H groups in total. The third-order valence-electron chi connectivity index (χ3n) is 3.37. The smallest absolute Gasteiger partial charge is 0.327 e. The molecule has 0 aromatic heterocycles. The van der Waals surface area contributed by atoms with Crippen molar-refractivity contribution in [3.63, 3.8) is 0 Å². The molecule has 1 aromatic rings. The fourth-order valence-electron chi connectivity index (χ4n) is 2.29. The number of urea groups is 1. The summed E-state index contributed by atoms with van der Waals surface area (Å²) < 4.78 is 0. The molecule has 0 spiro atoms. The Kier molecular flexibility index (Phi) is 4.62. The molecule has 1 aliphatic rings. The van der Waals surface area contributed by atoms with Gasteiger partial charge in [-0.25, -0.2) is 9.59 Å². The van der Waals surface area contributed by atoms with Crippen molar-refractivity contribution in [2.24, 2.45) is 0 Å². The third-order valence-corrected chi connectivity index (χ3v) is 4.59. The van der Waals surface area contributed by atoms with Crippen LogP contribution in [0, 0.1) is 0 Å². The number of carbonyl (C=O) groups is 2. The number of benzene rings is 1. The molecular formula is C14H19N3O3S. The minimum absolute atomic E-state index is 0.155. The van der Waals surface area contributed by atoms with E-state index >= 15 is 0 Å². The molecule has 1 heterocycles. The van der Waals surface area contributed by atoms with Crippen LogP contribution in [0.5, 0.6) is 0 Å². The molecule has 1 aromatic carbocycles. The number of aliphatic carboxylic acids is 1. The van der Waals surface area contributed by atoms with Crippen molar-refractivity contribution in [2.75, 3.05) is 30.1 Å². The topological polar surface area (TPSA) is 72.9 Å². The van der Waals surface area contributed by atoms with Crippen LogP contribution in [-0.2, 0) is 4.79 Å². The van der Waals surface area contributed by atoms with Gasteiger partial charge >= 0.3 is 12.0 Å². The highest BCUT2D eigenvalue weighted by Crippen LogP contribution is 2.30. The first kappa shape index (κ1) is 15.5. The Hall–Kier alpha value is -1.89. The number of rotatable bonds is 3. The minimum Gasteiger partial charge on any atom is -0.480 e. The van der Waals surface area contributed by atoms with Crippen molar-refractivity contribution < 1.29 is 14.7 Å². The first-order chi connectivity index (χ1) is 9.91. The monoisotopic (exact) mass is 309 g/mol. The van der Waals surface area contributed by atoms with Crippen molar-refractivity contribution in [1.29, 1.82) is 0 Å². The van der Waals surface area contributed by atoms with Gasteiger partial charge in [-0.1, -0.05) is 12.1 Å². The van der Waals surface area contributed by atoms with Crippen molar-refractivity contribution in [3.8, 4) is 0 Å². The zero-order valence-electron chi connectivity index (χ0n) is 12.2. The van der Waals surface area contributed by atoms with E-state index in [1.807, 2.05) is 44.1 Å². The van der Waals surface area contributed by atoms with Crippen LogP contribution < -0.4 is 10.2 Å². The highest BCUT2D eigenvalue weighted by Gasteiger charge is 2.39. The van der Waals surface area contributed by atoms with Crippen molar-refractivity contribution in [2.45, 2.75) is 18.3 Å². The zero-order chi connectivity index (χ0) is 15.6. The van der Waals surface area contributed by atoms with Gasteiger partial charge in [-0.05, 0) is 19.1 Å². The van der Waals surface area contributed by atoms with Gasteiger partial charge in [0.25, 0.3) is 0 Å². The third kappa shape index (κ3) is 3.24. The summed E-state index contributed by atoms with van der Waals surface area (Å²) in [6.45, 7) is 1.84. The average molecular weight is 309 g/mol. The van der Waals surface area contributed by atoms with E-state index < -0.39 is 12.0 Å². The normalized spacial score (nSPS) is 21.2. The van der Waals surface area contributed by atoms with Gasteiger partial charge in [-0.15, -0.1) is 11.8 Å². The highest BCUT2D eigenvalue weighted by molar-refractivity contribution is 8.00. The largest absolute Gasteiger partial charge is 0.480 e. The number of thioether (sulfide) groups is 1. The molecule has 1 aliphatic heterocycles. The minimum atomic E-state index is -0.970. The molecule has 114 valence electrons. The second-order valence-corrected chi connectivity index (χ2v) is 6.38. The fraction of sp³-hybridized carbons (Fsp3) is 0.429. The molecule has 2 atom stereocenters. The van der Waals surface area contributed by atoms with Gasteiger partial charge in [0.2, 0.25) is 0 Å². The van der Waals surface area contributed by atoms with E-state index in [4.69, 9.17) is 0 Å². The number of carboxylic acids is 1. The van der Waals surface area contributed by atoms with Gasteiger partial charge in [-0.3, -0.25) is 4.90 Å². The number of para-hydroxylation sites is 2. The Balaban J connectivity index is 2.20.